The maximum absolute atomic E-state index is 13.8. The third kappa shape index (κ3) is 9.66. The van der Waals surface area contributed by atoms with Crippen molar-refractivity contribution in [3.8, 4) is 17.2 Å². The van der Waals surface area contributed by atoms with Gasteiger partial charge in [0.15, 0.2) is 11.5 Å². The highest BCUT2D eigenvalue weighted by atomic mass is 16.6. The summed E-state index contributed by atoms with van der Waals surface area (Å²) in [6, 6.07) is 9.20. The van der Waals surface area contributed by atoms with Crippen LogP contribution in [-0.2, 0) is 25.6 Å². The fourth-order valence-corrected chi connectivity index (χ4v) is 6.70. The number of phenolic OH excluding ortho intramolecular Hbond substituents is 1. The van der Waals surface area contributed by atoms with E-state index < -0.39 is 18.1 Å². The molecular weight excluding hydrogens is 642 g/mol. The van der Waals surface area contributed by atoms with E-state index in [2.05, 4.69) is 21.3 Å². The van der Waals surface area contributed by atoms with Gasteiger partial charge in [-0.1, -0.05) is 32.9 Å². The first-order chi connectivity index (χ1) is 24.0. The molecule has 3 aliphatic heterocycles. The monoisotopic (exact) mass is 691 g/mol. The molecule has 5 rings (SSSR count). The fraction of sp³-hybridized carbons (Fsp3) is 0.541. The molecule has 2 aromatic carbocycles. The van der Waals surface area contributed by atoms with Crippen LogP contribution in [0.3, 0.4) is 0 Å². The summed E-state index contributed by atoms with van der Waals surface area (Å²) in [6.45, 7) is 7.21. The lowest BCUT2D eigenvalue weighted by molar-refractivity contribution is -0.139. The average molecular weight is 692 g/mol. The molecule has 2 fully saturated rings. The van der Waals surface area contributed by atoms with Crippen molar-refractivity contribution >= 4 is 29.5 Å². The number of nitrogens with zero attached hydrogens (tertiary/aromatic N) is 1. The molecule has 3 aliphatic rings. The van der Waals surface area contributed by atoms with Crippen molar-refractivity contribution < 1.29 is 38.6 Å². The molecule has 0 aliphatic carbocycles. The van der Waals surface area contributed by atoms with E-state index >= 15 is 0 Å². The molecule has 270 valence electrons. The van der Waals surface area contributed by atoms with Crippen molar-refractivity contribution in [2.75, 3.05) is 26.3 Å². The van der Waals surface area contributed by atoms with E-state index in [0.717, 1.165) is 5.56 Å². The number of carbonyl (C=O) groups is 5. The Morgan fingerprint density at radius 2 is 1.72 bits per heavy atom. The average Bonchev–Trinajstić information content (AvgIpc) is 3.52. The minimum atomic E-state index is -0.835. The number of nitrogens with one attached hydrogen (secondary N) is 4. The van der Waals surface area contributed by atoms with Gasteiger partial charge in [0.25, 0.3) is 5.91 Å². The van der Waals surface area contributed by atoms with Crippen LogP contribution in [0, 0.1) is 11.8 Å². The number of carbonyl (C=O) groups excluding carboxylic acids is 5. The standard InChI is InChI=1S/C37H49N5O8/c1-22(2)28-12-6-23(3)17-33(44)40-29(18-24-7-10-27(43)11-8-24)36(47)38-14-4-5-34(45)42-21-26(20-30(42)37(48)41-28)39-35(46)25-9-13-31-32(19-25)50-16-15-49-31/h7-11,13,19,22-23,26,28-30,43H,4-6,12,14-18,20-21H2,1-3H3,(H,38,47)(H,39,46)(H,40,44)(H,41,48)/t23-,26-,28+,29+,30+/m1/s1. The maximum atomic E-state index is 13.8. The van der Waals surface area contributed by atoms with E-state index in [-0.39, 0.29) is 91.9 Å². The van der Waals surface area contributed by atoms with E-state index in [1.54, 1.807) is 35.2 Å². The Hall–Kier alpha value is -4.81. The Bertz CT molecular complexity index is 1550. The zero-order chi connectivity index (χ0) is 35.8. The molecule has 0 spiro atoms. The van der Waals surface area contributed by atoms with Gasteiger partial charge in [-0.3, -0.25) is 24.0 Å². The highest BCUT2D eigenvalue weighted by Crippen LogP contribution is 2.31. The summed E-state index contributed by atoms with van der Waals surface area (Å²) in [4.78, 5) is 68.6. The van der Waals surface area contributed by atoms with Crippen molar-refractivity contribution in [3.63, 3.8) is 0 Å². The van der Waals surface area contributed by atoms with Crippen LogP contribution in [0.5, 0.6) is 17.2 Å². The Morgan fingerprint density at radius 3 is 2.46 bits per heavy atom. The highest BCUT2D eigenvalue weighted by molar-refractivity contribution is 5.95. The van der Waals surface area contributed by atoms with Gasteiger partial charge in [0, 0.05) is 50.0 Å². The lowest BCUT2D eigenvalue weighted by atomic mass is 9.92. The number of fused-ring (bicyclic) bond motifs is 2. The smallest absolute Gasteiger partial charge is 0.251 e. The normalized spacial score (nSPS) is 25.4. The van der Waals surface area contributed by atoms with Gasteiger partial charge in [-0.15, -0.1) is 0 Å². The van der Waals surface area contributed by atoms with Gasteiger partial charge in [-0.2, -0.15) is 0 Å². The van der Waals surface area contributed by atoms with Crippen molar-refractivity contribution in [1.29, 1.82) is 0 Å². The van der Waals surface area contributed by atoms with Crippen LogP contribution in [0.1, 0.15) is 75.2 Å². The van der Waals surface area contributed by atoms with Gasteiger partial charge in [-0.05, 0) is 73.4 Å². The molecule has 0 radical (unpaired) electrons. The summed E-state index contributed by atoms with van der Waals surface area (Å²) in [6.07, 6.45) is 2.38. The molecule has 13 heteroatoms. The van der Waals surface area contributed by atoms with E-state index in [0.29, 0.717) is 49.5 Å². The van der Waals surface area contributed by atoms with Gasteiger partial charge in [0.1, 0.15) is 31.0 Å². The van der Waals surface area contributed by atoms with Crippen molar-refractivity contribution in [2.45, 2.75) is 89.9 Å². The number of aromatic hydroxyl groups is 1. The van der Waals surface area contributed by atoms with E-state index in [1.807, 2.05) is 20.8 Å². The lowest BCUT2D eigenvalue weighted by Gasteiger charge is -2.29. The number of rotatable bonds is 5. The molecule has 0 unspecified atom stereocenters. The first-order valence-corrected chi connectivity index (χ1v) is 17.6. The molecule has 0 bridgehead atoms. The van der Waals surface area contributed by atoms with Crippen LogP contribution in [0.25, 0.3) is 0 Å². The predicted octanol–water partition coefficient (Wildman–Crippen LogP) is 2.45. The van der Waals surface area contributed by atoms with Gasteiger partial charge in [0.05, 0.1) is 0 Å². The molecular formula is C37H49N5O8. The van der Waals surface area contributed by atoms with Crippen molar-refractivity contribution in [2.24, 2.45) is 11.8 Å². The molecule has 5 amide bonds. The molecule has 0 saturated carbocycles. The minimum Gasteiger partial charge on any atom is -0.508 e. The van der Waals surface area contributed by atoms with Gasteiger partial charge in [0.2, 0.25) is 23.6 Å². The third-order valence-electron chi connectivity index (χ3n) is 9.59. The molecule has 5 atom stereocenters. The number of hydrogen-bond donors (Lipinski definition) is 5. The lowest BCUT2D eigenvalue weighted by Crippen LogP contribution is -2.50. The topological polar surface area (TPSA) is 175 Å². The molecule has 5 N–H and O–H groups in total. The number of phenols is 1. The Morgan fingerprint density at radius 1 is 0.980 bits per heavy atom. The number of benzene rings is 2. The summed E-state index contributed by atoms with van der Waals surface area (Å²) in [5.74, 6) is -0.225. The van der Waals surface area contributed by atoms with Crippen LogP contribution in [-0.4, -0.2) is 90.0 Å². The van der Waals surface area contributed by atoms with E-state index in [1.165, 1.54) is 12.1 Å². The van der Waals surface area contributed by atoms with Crippen LogP contribution in [0.2, 0.25) is 0 Å². The minimum absolute atomic E-state index is 0.0193. The summed E-state index contributed by atoms with van der Waals surface area (Å²) < 4.78 is 11.2. The molecule has 13 nitrogen and oxygen atoms in total. The number of hydrogen-bond acceptors (Lipinski definition) is 8. The Labute approximate surface area is 292 Å². The second-order valence-electron chi connectivity index (χ2n) is 14.0. The fourth-order valence-electron chi connectivity index (χ4n) is 6.70. The second kappa shape index (κ2) is 16.7. The van der Waals surface area contributed by atoms with Gasteiger partial charge < -0.3 is 40.7 Å². The maximum Gasteiger partial charge on any atom is 0.251 e. The number of amides is 5. The summed E-state index contributed by atoms with van der Waals surface area (Å²) >= 11 is 0. The van der Waals surface area contributed by atoms with Crippen LogP contribution >= 0.6 is 0 Å². The quantitative estimate of drug-likeness (QED) is 0.318. The summed E-state index contributed by atoms with van der Waals surface area (Å²) in [7, 11) is 0. The van der Waals surface area contributed by atoms with Gasteiger partial charge >= 0.3 is 0 Å². The molecule has 2 aromatic rings. The first-order valence-electron chi connectivity index (χ1n) is 17.6. The van der Waals surface area contributed by atoms with Gasteiger partial charge in [-0.25, -0.2) is 0 Å². The zero-order valence-corrected chi connectivity index (χ0v) is 29.0. The van der Waals surface area contributed by atoms with Crippen molar-refractivity contribution in [1.82, 2.24) is 26.2 Å². The van der Waals surface area contributed by atoms with Crippen LogP contribution in [0.4, 0.5) is 0 Å². The summed E-state index contributed by atoms with van der Waals surface area (Å²) in [5.41, 5.74) is 1.17. The molecule has 50 heavy (non-hydrogen) atoms. The zero-order valence-electron chi connectivity index (χ0n) is 29.0. The predicted molar refractivity (Wildman–Crippen MR) is 185 cm³/mol. The molecule has 2 saturated heterocycles. The summed E-state index contributed by atoms with van der Waals surface area (Å²) in [5, 5.41) is 21.6. The number of ether oxygens (including phenoxy) is 2. The largest absolute Gasteiger partial charge is 0.508 e. The van der Waals surface area contributed by atoms with Crippen LogP contribution < -0.4 is 30.7 Å². The van der Waals surface area contributed by atoms with Crippen LogP contribution in [0.15, 0.2) is 42.5 Å². The molecule has 0 aromatic heterocycles. The SMILES string of the molecule is CC(C)[C@@H]1CC[C@@H](C)CC(=O)N[C@@H](Cc2ccc(O)cc2)C(=O)NCCCC(=O)N2C[C@H](NC(=O)c3ccc4c(c3)OCCO4)C[C@H]2C(=O)N1. The van der Waals surface area contributed by atoms with Crippen molar-refractivity contribution in [3.05, 3.63) is 53.6 Å². The molecule has 3 heterocycles. The van der Waals surface area contributed by atoms with E-state index in [9.17, 15) is 29.1 Å². The third-order valence-corrected chi connectivity index (χ3v) is 9.59. The Balaban J connectivity index is 1.30. The Kier molecular flexibility index (Phi) is 12.2. The second-order valence-corrected chi connectivity index (χ2v) is 14.0. The first kappa shape index (κ1) is 36.5. The van der Waals surface area contributed by atoms with E-state index in [4.69, 9.17) is 9.47 Å². The highest BCUT2D eigenvalue weighted by Gasteiger charge is 2.41.